The average molecular weight is 543 g/mol. The maximum Gasteiger partial charge on any atom is 0.428 e. The number of carbonyl (C=O) groups is 2. The highest BCUT2D eigenvalue weighted by molar-refractivity contribution is 6.00. The van der Waals surface area contributed by atoms with Crippen LogP contribution in [0.1, 0.15) is 30.9 Å². The molecule has 0 saturated carbocycles. The summed E-state index contributed by atoms with van der Waals surface area (Å²) in [5, 5.41) is 5.12. The molecule has 1 aliphatic rings. The third kappa shape index (κ3) is 7.59. The summed E-state index contributed by atoms with van der Waals surface area (Å²) >= 11 is 0. The molecular formula is C26H26F6N3O3+. The summed E-state index contributed by atoms with van der Waals surface area (Å²) < 4.78 is 83.0. The van der Waals surface area contributed by atoms with Gasteiger partial charge in [0.15, 0.2) is 17.4 Å². The Morgan fingerprint density at radius 3 is 2.08 bits per heavy atom. The Kier molecular flexibility index (Phi) is 8.85. The first kappa shape index (κ1) is 28.7. The molecule has 1 aliphatic heterocycles. The van der Waals surface area contributed by atoms with Gasteiger partial charge in [0.2, 0.25) is 0 Å². The van der Waals surface area contributed by atoms with Gasteiger partial charge in [-0.25, -0.2) is 4.99 Å². The fourth-order valence-electron chi connectivity index (χ4n) is 3.68. The Morgan fingerprint density at radius 1 is 0.868 bits per heavy atom. The van der Waals surface area contributed by atoms with Crippen LogP contribution in [-0.2, 0) is 22.2 Å². The van der Waals surface area contributed by atoms with E-state index in [1.54, 1.807) is 0 Å². The van der Waals surface area contributed by atoms with Crippen LogP contribution in [0.15, 0.2) is 65.9 Å². The normalized spacial score (nSPS) is 14.9. The lowest BCUT2D eigenvalue weighted by Gasteiger charge is -2.30. The third-order valence-corrected chi connectivity index (χ3v) is 5.83. The highest BCUT2D eigenvalue weighted by Gasteiger charge is 2.46. The molecule has 1 unspecified atom stereocenters. The van der Waals surface area contributed by atoms with Crippen molar-refractivity contribution in [1.82, 2.24) is 10.6 Å². The lowest BCUT2D eigenvalue weighted by atomic mass is 9.98. The largest absolute Gasteiger partial charge is 0.478 e. The Balaban J connectivity index is 1.63. The molecule has 0 bridgehead atoms. The van der Waals surface area contributed by atoms with E-state index in [9.17, 15) is 35.9 Å². The number of amides is 2. The molecule has 204 valence electrons. The van der Waals surface area contributed by atoms with Crippen LogP contribution in [0.3, 0.4) is 0 Å². The van der Waals surface area contributed by atoms with Crippen LogP contribution >= 0.6 is 0 Å². The van der Waals surface area contributed by atoms with Crippen molar-refractivity contribution in [3.63, 3.8) is 0 Å². The monoisotopic (exact) mass is 542 g/mol. The Labute approximate surface area is 214 Å². The minimum atomic E-state index is -4.66. The summed E-state index contributed by atoms with van der Waals surface area (Å²) in [6.07, 6.45) is -7.85. The number of alkyl halides is 6. The molecule has 6 nitrogen and oxygen atoms in total. The topological polar surface area (TPSA) is 81.4 Å². The molecule has 0 saturated heterocycles. The van der Waals surface area contributed by atoms with Crippen LogP contribution in [0, 0.1) is 0 Å². The number of carbonyl (C=O) groups excluding carboxylic acids is 2. The minimum Gasteiger partial charge on any atom is -0.478 e. The lowest BCUT2D eigenvalue weighted by Crippen LogP contribution is -2.78. The summed E-state index contributed by atoms with van der Waals surface area (Å²) in [6.45, 7) is 1.65. The molecule has 2 aromatic carbocycles. The molecule has 0 aliphatic carbocycles. The van der Waals surface area contributed by atoms with Gasteiger partial charge in [0.05, 0.1) is 5.56 Å². The molecule has 1 atom stereocenters. The van der Waals surface area contributed by atoms with Gasteiger partial charge in [-0.05, 0) is 56.0 Å². The second kappa shape index (κ2) is 11.7. The Morgan fingerprint density at radius 2 is 1.53 bits per heavy atom. The molecule has 0 spiro atoms. The van der Waals surface area contributed by atoms with Gasteiger partial charge in [0.25, 0.3) is 11.6 Å². The van der Waals surface area contributed by atoms with E-state index in [1.165, 1.54) is 6.92 Å². The number of benzene rings is 2. The van der Waals surface area contributed by atoms with E-state index in [2.05, 4.69) is 15.6 Å². The first-order valence-electron chi connectivity index (χ1n) is 11.7. The van der Waals surface area contributed by atoms with Crippen LogP contribution in [0.25, 0.3) is 0 Å². The predicted molar refractivity (Wildman–Crippen MR) is 126 cm³/mol. The van der Waals surface area contributed by atoms with E-state index >= 15 is 0 Å². The Hall–Kier alpha value is -3.83. The zero-order valence-corrected chi connectivity index (χ0v) is 20.3. The quantitative estimate of drug-likeness (QED) is 0.302. The van der Waals surface area contributed by atoms with Crippen molar-refractivity contribution in [2.75, 3.05) is 13.1 Å². The zero-order valence-electron chi connectivity index (χ0n) is 20.3. The fourth-order valence-corrected chi connectivity index (χ4v) is 3.68. The van der Waals surface area contributed by atoms with E-state index in [-0.39, 0.29) is 31.7 Å². The average Bonchev–Trinajstić information content (AvgIpc) is 2.80. The number of allylic oxidation sites excluding steroid dienone is 1. The number of nitrogens with one attached hydrogen (secondary N) is 3. The number of rotatable bonds is 11. The molecule has 0 fully saturated rings. The van der Waals surface area contributed by atoms with Gasteiger partial charge < -0.3 is 15.4 Å². The van der Waals surface area contributed by atoms with Crippen molar-refractivity contribution in [2.24, 2.45) is 0 Å². The Bertz CT molecular complexity index is 1190. The number of hydrogen-bond acceptors (Lipinski definition) is 3. The maximum absolute atomic E-state index is 13.1. The molecule has 1 heterocycles. The van der Waals surface area contributed by atoms with Gasteiger partial charge in [-0.3, -0.25) is 9.59 Å². The van der Waals surface area contributed by atoms with E-state index in [0.717, 1.165) is 29.8 Å². The highest BCUT2D eigenvalue weighted by Crippen LogP contribution is 2.32. The molecule has 12 heteroatoms. The molecule has 2 aromatic rings. The fraction of sp³-hybridized carbons (Fsp3) is 0.346. The van der Waals surface area contributed by atoms with Gasteiger partial charge in [-0.2, -0.15) is 26.3 Å². The van der Waals surface area contributed by atoms with Crippen LogP contribution in [0.2, 0.25) is 0 Å². The first-order chi connectivity index (χ1) is 17.8. The molecule has 0 radical (unpaired) electrons. The van der Waals surface area contributed by atoms with Crippen LogP contribution in [0.5, 0.6) is 5.75 Å². The SMILES string of the molecule is CC(CCCNC(=O)C1=C(C(F)(F)F)C=[NH+]1)(Oc1ccc(C(F)(F)F)cc1)C(=O)NCCc1ccccc1. The summed E-state index contributed by atoms with van der Waals surface area (Å²) in [6, 6.07) is 13.2. The lowest BCUT2D eigenvalue weighted by molar-refractivity contribution is -0.405. The minimum absolute atomic E-state index is 0.0101. The molecule has 0 aromatic heterocycles. The highest BCUT2D eigenvalue weighted by atomic mass is 19.4. The summed E-state index contributed by atoms with van der Waals surface area (Å²) in [5.41, 5.74) is -3.10. The van der Waals surface area contributed by atoms with Crippen LogP contribution < -0.4 is 20.4 Å². The van der Waals surface area contributed by atoms with Gasteiger partial charge in [0, 0.05) is 13.1 Å². The van der Waals surface area contributed by atoms with Crippen molar-refractivity contribution in [3.8, 4) is 5.75 Å². The van der Waals surface area contributed by atoms with Crippen LogP contribution in [0.4, 0.5) is 26.3 Å². The van der Waals surface area contributed by atoms with Gasteiger partial charge in [-0.15, -0.1) is 0 Å². The van der Waals surface area contributed by atoms with Crippen LogP contribution in [-0.4, -0.2) is 42.9 Å². The second-order valence-corrected chi connectivity index (χ2v) is 8.78. The summed E-state index contributed by atoms with van der Waals surface area (Å²) in [7, 11) is 0. The zero-order chi connectivity index (χ0) is 28.0. The predicted octanol–water partition coefficient (Wildman–Crippen LogP) is 3.08. The number of hydrogen-bond donors (Lipinski definition) is 3. The molecular weight excluding hydrogens is 516 g/mol. The maximum atomic E-state index is 13.1. The molecule has 3 N–H and O–H groups in total. The van der Waals surface area contributed by atoms with Crippen molar-refractivity contribution < 1.29 is 45.7 Å². The standard InChI is InChI=1S/C26H25F6N3O3/c1-24(23(37)34-15-12-17-6-3-2-4-7-17,38-19-10-8-18(9-11-19)25(27,28)29)13-5-14-33-22(36)21-20(16-35-21)26(30,31)32/h2-4,6-11,16H,5,12-15H2,1H3,(H,33,36)(H,34,37)/p+1. The first-order valence-corrected chi connectivity index (χ1v) is 11.7. The van der Waals surface area contributed by atoms with E-state index in [0.29, 0.717) is 12.6 Å². The van der Waals surface area contributed by atoms with Crippen molar-refractivity contribution in [2.45, 2.75) is 44.1 Å². The van der Waals surface area contributed by atoms with Gasteiger partial charge in [-0.1, -0.05) is 30.3 Å². The smallest absolute Gasteiger partial charge is 0.428 e. The summed E-state index contributed by atoms with van der Waals surface area (Å²) in [4.78, 5) is 27.4. The van der Waals surface area contributed by atoms with Crippen molar-refractivity contribution >= 4 is 18.0 Å². The third-order valence-electron chi connectivity index (χ3n) is 5.83. The molecule has 38 heavy (non-hydrogen) atoms. The molecule has 2 amide bonds. The van der Waals surface area contributed by atoms with E-state index in [1.807, 2.05) is 30.3 Å². The van der Waals surface area contributed by atoms with E-state index < -0.39 is 46.6 Å². The van der Waals surface area contributed by atoms with Gasteiger partial charge in [0.1, 0.15) is 5.75 Å². The van der Waals surface area contributed by atoms with E-state index in [4.69, 9.17) is 4.74 Å². The number of ether oxygens (including phenoxy) is 1. The second-order valence-electron chi connectivity index (χ2n) is 8.78. The summed E-state index contributed by atoms with van der Waals surface area (Å²) in [5.74, 6) is -1.45. The molecule has 3 rings (SSSR count). The van der Waals surface area contributed by atoms with Crippen molar-refractivity contribution in [1.29, 1.82) is 0 Å². The number of halogens is 6. The van der Waals surface area contributed by atoms with Gasteiger partial charge >= 0.3 is 18.3 Å². The van der Waals surface area contributed by atoms with Crippen molar-refractivity contribution in [3.05, 3.63) is 77.0 Å².